The first-order chi connectivity index (χ1) is 6.57. The first kappa shape index (κ1) is 10.5. The van der Waals surface area contributed by atoms with E-state index in [1.54, 1.807) is 0 Å². The van der Waals surface area contributed by atoms with E-state index in [9.17, 15) is 9.59 Å². The Morgan fingerprint density at radius 2 is 2.00 bits per heavy atom. The monoisotopic (exact) mass is 213 g/mol. The molecule has 1 aromatic carbocycles. The van der Waals surface area contributed by atoms with Gasteiger partial charge in [0.05, 0.1) is 16.1 Å². The molecule has 0 spiro atoms. The highest BCUT2D eigenvalue weighted by Crippen LogP contribution is 2.19. The van der Waals surface area contributed by atoms with E-state index < -0.39 is 11.8 Å². The summed E-state index contributed by atoms with van der Waals surface area (Å²) in [5.41, 5.74) is 6.98. The highest BCUT2D eigenvalue weighted by molar-refractivity contribution is 6.34. The number of amides is 2. The molecule has 5 nitrogen and oxygen atoms in total. The maximum atomic E-state index is 11.2. The van der Waals surface area contributed by atoms with Gasteiger partial charge in [0.1, 0.15) is 0 Å². The fourth-order valence-corrected chi connectivity index (χ4v) is 1.29. The van der Waals surface area contributed by atoms with Crippen LogP contribution in [0.15, 0.2) is 18.2 Å². The van der Waals surface area contributed by atoms with Crippen molar-refractivity contribution in [3.05, 3.63) is 34.3 Å². The van der Waals surface area contributed by atoms with E-state index in [1.165, 1.54) is 18.2 Å². The van der Waals surface area contributed by atoms with Gasteiger partial charge in [-0.15, -0.1) is 0 Å². The highest BCUT2D eigenvalue weighted by Gasteiger charge is 2.17. The lowest BCUT2D eigenvalue weighted by atomic mass is 10.1. The van der Waals surface area contributed by atoms with Crippen LogP contribution in [0.5, 0.6) is 0 Å². The van der Waals surface area contributed by atoms with Crippen LogP contribution < -0.4 is 17.0 Å². The molecule has 0 saturated heterocycles. The summed E-state index contributed by atoms with van der Waals surface area (Å²) in [6, 6.07) is 4.40. The zero-order valence-electron chi connectivity index (χ0n) is 7.08. The Hall–Kier alpha value is -1.59. The van der Waals surface area contributed by atoms with Crippen LogP contribution in [0.3, 0.4) is 0 Å². The van der Waals surface area contributed by atoms with Crippen molar-refractivity contribution < 1.29 is 9.59 Å². The summed E-state index contributed by atoms with van der Waals surface area (Å²) < 4.78 is 0. The molecule has 0 aliphatic carbocycles. The third-order valence-electron chi connectivity index (χ3n) is 1.64. The number of nitrogens with two attached hydrogens (primary N) is 2. The van der Waals surface area contributed by atoms with Crippen LogP contribution in [0, 0.1) is 0 Å². The Balaban J connectivity index is 3.36. The zero-order chi connectivity index (χ0) is 10.7. The van der Waals surface area contributed by atoms with Gasteiger partial charge in [0, 0.05) is 0 Å². The number of carbonyl (C=O) groups excluding carboxylic acids is 2. The topological polar surface area (TPSA) is 98.2 Å². The molecular formula is C8H8ClN3O2. The molecule has 0 aromatic heterocycles. The summed E-state index contributed by atoms with van der Waals surface area (Å²) in [5.74, 6) is 3.55. The minimum Gasteiger partial charge on any atom is -0.366 e. The average molecular weight is 214 g/mol. The van der Waals surface area contributed by atoms with Crippen molar-refractivity contribution >= 4 is 23.4 Å². The van der Waals surface area contributed by atoms with Gasteiger partial charge in [-0.05, 0) is 12.1 Å². The molecule has 0 bridgehead atoms. The molecule has 14 heavy (non-hydrogen) atoms. The standard InChI is InChI=1S/C8H8ClN3O2/c9-5-3-1-2-4(7(10)13)6(5)8(14)12-11/h1-3H,11H2,(H2,10,13)(H,12,14). The highest BCUT2D eigenvalue weighted by atomic mass is 35.5. The fourth-order valence-electron chi connectivity index (χ4n) is 1.03. The largest absolute Gasteiger partial charge is 0.366 e. The maximum Gasteiger partial charge on any atom is 0.267 e. The number of hydrogen-bond donors (Lipinski definition) is 3. The minimum absolute atomic E-state index is 0.0100. The SMILES string of the molecule is NNC(=O)c1c(Cl)cccc1C(N)=O. The van der Waals surface area contributed by atoms with Gasteiger partial charge in [0.25, 0.3) is 5.91 Å². The lowest BCUT2D eigenvalue weighted by Crippen LogP contribution is -2.32. The van der Waals surface area contributed by atoms with E-state index in [0.29, 0.717) is 0 Å². The van der Waals surface area contributed by atoms with Crippen LogP contribution in [0.2, 0.25) is 5.02 Å². The molecule has 1 aromatic rings. The van der Waals surface area contributed by atoms with Crippen LogP contribution in [-0.4, -0.2) is 11.8 Å². The van der Waals surface area contributed by atoms with Gasteiger partial charge in [0.15, 0.2) is 0 Å². The van der Waals surface area contributed by atoms with Gasteiger partial charge in [0.2, 0.25) is 5.91 Å². The second-order valence-corrected chi connectivity index (χ2v) is 2.91. The first-order valence-corrected chi connectivity index (χ1v) is 4.05. The smallest absolute Gasteiger partial charge is 0.267 e. The Kier molecular flexibility index (Phi) is 3.06. The lowest BCUT2D eigenvalue weighted by Gasteiger charge is -2.06. The second kappa shape index (κ2) is 4.08. The predicted octanol–water partition coefficient (Wildman–Crippen LogP) is 0.0424. The Labute approximate surface area is 85.0 Å². The summed E-state index contributed by atoms with van der Waals surface area (Å²) >= 11 is 5.72. The summed E-state index contributed by atoms with van der Waals surface area (Å²) in [6.07, 6.45) is 0. The van der Waals surface area contributed by atoms with Gasteiger partial charge in [-0.25, -0.2) is 5.84 Å². The fraction of sp³-hybridized carbons (Fsp3) is 0. The van der Waals surface area contributed by atoms with E-state index in [0.717, 1.165) is 0 Å². The number of benzene rings is 1. The summed E-state index contributed by atoms with van der Waals surface area (Å²) in [6.45, 7) is 0. The van der Waals surface area contributed by atoms with Crippen molar-refractivity contribution in [2.45, 2.75) is 0 Å². The minimum atomic E-state index is -0.730. The van der Waals surface area contributed by atoms with Crippen molar-refractivity contribution in [2.24, 2.45) is 11.6 Å². The average Bonchev–Trinajstić information content (AvgIpc) is 2.16. The lowest BCUT2D eigenvalue weighted by molar-refractivity contribution is 0.0936. The number of halogens is 1. The summed E-state index contributed by atoms with van der Waals surface area (Å²) in [4.78, 5) is 22.2. The Bertz CT molecular complexity index is 392. The van der Waals surface area contributed by atoms with Crippen molar-refractivity contribution in [2.75, 3.05) is 0 Å². The Morgan fingerprint density at radius 3 is 2.50 bits per heavy atom. The number of nitrogens with one attached hydrogen (secondary N) is 1. The quantitative estimate of drug-likeness (QED) is 0.368. The van der Waals surface area contributed by atoms with Crippen LogP contribution >= 0.6 is 11.6 Å². The van der Waals surface area contributed by atoms with E-state index in [4.69, 9.17) is 23.2 Å². The predicted molar refractivity (Wildman–Crippen MR) is 51.6 cm³/mol. The first-order valence-electron chi connectivity index (χ1n) is 3.67. The molecule has 0 unspecified atom stereocenters. The van der Waals surface area contributed by atoms with Gasteiger partial charge in [-0.3, -0.25) is 15.0 Å². The maximum absolute atomic E-state index is 11.2. The molecule has 0 radical (unpaired) electrons. The molecule has 0 fully saturated rings. The molecule has 0 aliphatic heterocycles. The van der Waals surface area contributed by atoms with Crippen molar-refractivity contribution in [1.82, 2.24) is 5.43 Å². The second-order valence-electron chi connectivity index (χ2n) is 2.50. The van der Waals surface area contributed by atoms with Crippen molar-refractivity contribution in [3.8, 4) is 0 Å². The molecule has 0 saturated carbocycles. The molecule has 1 rings (SSSR count). The summed E-state index contributed by atoms with van der Waals surface area (Å²) in [7, 11) is 0. The molecule has 2 amide bonds. The van der Waals surface area contributed by atoms with E-state index in [1.807, 2.05) is 5.43 Å². The zero-order valence-corrected chi connectivity index (χ0v) is 7.84. The Morgan fingerprint density at radius 1 is 1.36 bits per heavy atom. The molecule has 74 valence electrons. The van der Waals surface area contributed by atoms with Crippen LogP contribution in [0.4, 0.5) is 0 Å². The summed E-state index contributed by atoms with van der Waals surface area (Å²) in [5, 5.41) is 0.129. The number of primary amides is 1. The number of hydrazine groups is 1. The molecule has 6 heteroatoms. The third kappa shape index (κ3) is 1.84. The van der Waals surface area contributed by atoms with Crippen LogP contribution in [0.25, 0.3) is 0 Å². The number of hydrogen-bond acceptors (Lipinski definition) is 3. The molecule has 0 aliphatic rings. The van der Waals surface area contributed by atoms with E-state index >= 15 is 0 Å². The molecular weight excluding hydrogens is 206 g/mol. The third-order valence-corrected chi connectivity index (χ3v) is 1.95. The van der Waals surface area contributed by atoms with Crippen LogP contribution in [0.1, 0.15) is 20.7 Å². The van der Waals surface area contributed by atoms with E-state index in [-0.39, 0.29) is 16.1 Å². The van der Waals surface area contributed by atoms with Gasteiger partial charge in [-0.1, -0.05) is 17.7 Å². The van der Waals surface area contributed by atoms with Crippen molar-refractivity contribution in [3.63, 3.8) is 0 Å². The van der Waals surface area contributed by atoms with Crippen molar-refractivity contribution in [1.29, 1.82) is 0 Å². The normalized spacial score (nSPS) is 9.57. The number of rotatable bonds is 2. The molecule has 0 atom stereocenters. The van der Waals surface area contributed by atoms with Crippen LogP contribution in [-0.2, 0) is 0 Å². The van der Waals surface area contributed by atoms with Gasteiger partial charge < -0.3 is 5.73 Å². The number of nitrogen functional groups attached to an aromatic ring is 1. The van der Waals surface area contributed by atoms with E-state index in [2.05, 4.69) is 0 Å². The van der Waals surface area contributed by atoms with Gasteiger partial charge >= 0.3 is 0 Å². The number of carbonyl (C=O) groups is 2. The molecule has 0 heterocycles. The molecule has 5 N–H and O–H groups in total. The van der Waals surface area contributed by atoms with Gasteiger partial charge in [-0.2, -0.15) is 0 Å².